The lowest BCUT2D eigenvalue weighted by atomic mass is 10.3. The van der Waals surface area contributed by atoms with Crippen LogP contribution >= 0.6 is 0 Å². The van der Waals surface area contributed by atoms with Crippen LogP contribution in [0, 0.1) is 0 Å². The van der Waals surface area contributed by atoms with Crippen molar-refractivity contribution in [3.63, 3.8) is 0 Å². The van der Waals surface area contributed by atoms with Crippen LogP contribution in [0.15, 0.2) is 30.3 Å². The summed E-state index contributed by atoms with van der Waals surface area (Å²) in [5.41, 5.74) is 10.5. The number of anilines is 1. The van der Waals surface area contributed by atoms with Gasteiger partial charge in [0, 0.05) is 0 Å². The average molecular weight is 183 g/mol. The van der Waals surface area contributed by atoms with Gasteiger partial charge in [-0.3, -0.25) is 22.5 Å². The number of rotatable bonds is 2. The summed E-state index contributed by atoms with van der Waals surface area (Å²) in [6, 6.07) is 8.62. The van der Waals surface area contributed by atoms with Gasteiger partial charge in [-0.15, -0.1) is 0 Å². The molecular weight excluding hydrogens is 170 g/mol. The van der Waals surface area contributed by atoms with Crippen molar-refractivity contribution in [2.45, 2.75) is 0 Å². The Labute approximate surface area is 76.0 Å². The van der Waals surface area contributed by atoms with E-state index in [-0.39, 0.29) is 0 Å². The maximum Gasteiger partial charge on any atom is 0.330 e. The van der Waals surface area contributed by atoms with Gasteiger partial charge in [0.2, 0.25) is 0 Å². The molecule has 0 radical (unpaired) electrons. The second-order valence-corrected chi connectivity index (χ2v) is 1.98. The van der Waals surface area contributed by atoms with Crippen molar-refractivity contribution in [3.05, 3.63) is 30.3 Å². The summed E-state index contributed by atoms with van der Waals surface area (Å²) in [5, 5.41) is 0. The Morgan fingerprint density at radius 1 is 1.15 bits per heavy atom. The number of hydrogen-bond donors (Lipinski definition) is 5. The number of carbonyl (C=O) groups is 1. The SMILES string of the molecule is NC(=O)NNc1ccccc1.NN. The third-order valence-electron chi connectivity index (χ3n) is 1.10. The third-order valence-corrected chi connectivity index (χ3v) is 1.10. The molecule has 2 amide bonds. The molecular formula is C7H13N5O. The maximum atomic E-state index is 10.2. The normalized spacial score (nSPS) is 7.85. The minimum Gasteiger partial charge on any atom is -0.350 e. The van der Waals surface area contributed by atoms with Crippen LogP contribution < -0.4 is 28.3 Å². The van der Waals surface area contributed by atoms with Crippen LogP contribution in [0.25, 0.3) is 0 Å². The van der Waals surface area contributed by atoms with Gasteiger partial charge in [-0.05, 0) is 12.1 Å². The lowest BCUT2D eigenvalue weighted by Gasteiger charge is -2.03. The monoisotopic (exact) mass is 183 g/mol. The highest BCUT2D eigenvalue weighted by atomic mass is 16.2. The first-order valence-electron chi connectivity index (χ1n) is 3.49. The van der Waals surface area contributed by atoms with Crippen molar-refractivity contribution in [2.24, 2.45) is 17.4 Å². The van der Waals surface area contributed by atoms with Crippen LogP contribution in [-0.2, 0) is 0 Å². The largest absolute Gasteiger partial charge is 0.350 e. The molecule has 1 aromatic carbocycles. The van der Waals surface area contributed by atoms with Gasteiger partial charge >= 0.3 is 6.03 Å². The van der Waals surface area contributed by atoms with E-state index >= 15 is 0 Å². The topological polar surface area (TPSA) is 119 Å². The smallest absolute Gasteiger partial charge is 0.330 e. The molecule has 0 heterocycles. The number of amides is 2. The molecule has 0 unspecified atom stereocenters. The molecule has 0 fully saturated rings. The van der Waals surface area contributed by atoms with Crippen molar-refractivity contribution >= 4 is 11.7 Å². The Hall–Kier alpha value is -1.79. The lowest BCUT2D eigenvalue weighted by Crippen LogP contribution is -2.34. The summed E-state index contributed by atoms with van der Waals surface area (Å²) >= 11 is 0. The molecule has 0 saturated carbocycles. The molecule has 8 N–H and O–H groups in total. The highest BCUT2D eigenvalue weighted by Crippen LogP contribution is 2.01. The number of nitrogens with two attached hydrogens (primary N) is 3. The Morgan fingerprint density at radius 3 is 2.15 bits per heavy atom. The minimum absolute atomic E-state index is 0.603. The molecule has 0 atom stereocenters. The molecule has 1 rings (SSSR count). The lowest BCUT2D eigenvalue weighted by molar-refractivity contribution is 0.250. The van der Waals surface area contributed by atoms with Crippen LogP contribution in [-0.4, -0.2) is 6.03 Å². The molecule has 1 aromatic rings. The Kier molecular flexibility index (Phi) is 5.94. The number of primary amides is 1. The van der Waals surface area contributed by atoms with Crippen molar-refractivity contribution in [3.8, 4) is 0 Å². The van der Waals surface area contributed by atoms with Gasteiger partial charge in [-0.1, -0.05) is 18.2 Å². The van der Waals surface area contributed by atoms with Crippen molar-refractivity contribution in [1.29, 1.82) is 0 Å². The Morgan fingerprint density at radius 2 is 1.69 bits per heavy atom. The first kappa shape index (κ1) is 11.2. The van der Waals surface area contributed by atoms with E-state index in [0.29, 0.717) is 0 Å². The van der Waals surface area contributed by atoms with Crippen LogP contribution in [0.2, 0.25) is 0 Å². The van der Waals surface area contributed by atoms with Gasteiger partial charge in [-0.25, -0.2) is 4.79 Å². The van der Waals surface area contributed by atoms with E-state index in [1.54, 1.807) is 0 Å². The third kappa shape index (κ3) is 5.48. The van der Waals surface area contributed by atoms with Crippen LogP contribution in [0.5, 0.6) is 0 Å². The summed E-state index contributed by atoms with van der Waals surface area (Å²) in [5.74, 6) is 8.00. The zero-order valence-electron chi connectivity index (χ0n) is 7.03. The van der Waals surface area contributed by atoms with Gasteiger partial charge in [0.25, 0.3) is 0 Å². The number of carbonyl (C=O) groups excluding carboxylic acids is 1. The number of para-hydroxylation sites is 1. The predicted molar refractivity (Wildman–Crippen MR) is 51.2 cm³/mol. The van der Waals surface area contributed by atoms with Gasteiger partial charge in [0.1, 0.15) is 0 Å². The fourth-order valence-electron chi connectivity index (χ4n) is 0.655. The Balaban J connectivity index is 0.000000671. The molecule has 0 aromatic heterocycles. The molecule has 0 aliphatic carbocycles. The fourth-order valence-corrected chi connectivity index (χ4v) is 0.655. The first-order valence-corrected chi connectivity index (χ1v) is 3.49. The number of benzene rings is 1. The standard InChI is InChI=1S/C7H9N3O.H4N2/c8-7(11)10-9-6-4-2-1-3-5-6;1-2/h1-5,9H,(H3,8,10,11);1-2H2. The van der Waals surface area contributed by atoms with E-state index in [0.717, 1.165) is 5.69 Å². The fraction of sp³-hybridized carbons (Fsp3) is 0. The summed E-state index contributed by atoms with van der Waals surface area (Å²) in [6.07, 6.45) is 0. The van der Waals surface area contributed by atoms with E-state index in [1.165, 1.54) is 0 Å². The molecule has 6 nitrogen and oxygen atoms in total. The van der Waals surface area contributed by atoms with E-state index in [1.807, 2.05) is 30.3 Å². The molecule has 0 aliphatic heterocycles. The zero-order valence-corrected chi connectivity index (χ0v) is 7.03. The van der Waals surface area contributed by atoms with Crippen LogP contribution in [0.1, 0.15) is 0 Å². The highest BCUT2D eigenvalue weighted by Gasteiger charge is 1.89. The minimum atomic E-state index is -0.603. The number of hydrogen-bond acceptors (Lipinski definition) is 4. The predicted octanol–water partition coefficient (Wildman–Crippen LogP) is -0.499. The molecule has 72 valence electrons. The molecule has 0 saturated heterocycles. The molecule has 0 spiro atoms. The first-order chi connectivity index (χ1) is 6.29. The number of nitrogens with one attached hydrogen (secondary N) is 2. The summed E-state index contributed by atoms with van der Waals surface area (Å²) in [4.78, 5) is 10.2. The van der Waals surface area contributed by atoms with E-state index in [9.17, 15) is 4.79 Å². The zero-order chi connectivity index (χ0) is 10.1. The van der Waals surface area contributed by atoms with Crippen LogP contribution in [0.3, 0.4) is 0 Å². The summed E-state index contributed by atoms with van der Waals surface area (Å²) in [7, 11) is 0. The van der Waals surface area contributed by atoms with E-state index in [2.05, 4.69) is 22.5 Å². The second-order valence-electron chi connectivity index (χ2n) is 1.98. The van der Waals surface area contributed by atoms with Crippen molar-refractivity contribution < 1.29 is 4.79 Å². The number of urea groups is 1. The second kappa shape index (κ2) is 6.89. The average Bonchev–Trinajstić information content (AvgIpc) is 2.19. The summed E-state index contributed by atoms with van der Waals surface area (Å²) < 4.78 is 0. The molecule has 13 heavy (non-hydrogen) atoms. The molecule has 0 bridgehead atoms. The summed E-state index contributed by atoms with van der Waals surface area (Å²) in [6.45, 7) is 0. The van der Waals surface area contributed by atoms with Gasteiger partial charge in [0.05, 0.1) is 5.69 Å². The van der Waals surface area contributed by atoms with Gasteiger partial charge < -0.3 is 5.73 Å². The Bertz CT molecular complexity index is 238. The maximum absolute atomic E-state index is 10.2. The van der Waals surface area contributed by atoms with Crippen LogP contribution in [0.4, 0.5) is 10.5 Å². The van der Waals surface area contributed by atoms with E-state index in [4.69, 9.17) is 5.73 Å². The molecule has 0 aliphatic rings. The van der Waals surface area contributed by atoms with E-state index < -0.39 is 6.03 Å². The van der Waals surface area contributed by atoms with Gasteiger partial charge in [-0.2, -0.15) is 0 Å². The van der Waals surface area contributed by atoms with Gasteiger partial charge in [0.15, 0.2) is 0 Å². The number of hydrazine groups is 2. The van der Waals surface area contributed by atoms with Crippen molar-refractivity contribution in [1.82, 2.24) is 5.43 Å². The quantitative estimate of drug-likeness (QED) is 0.313. The highest BCUT2D eigenvalue weighted by molar-refractivity contribution is 5.73. The van der Waals surface area contributed by atoms with Crippen molar-refractivity contribution in [2.75, 3.05) is 5.43 Å². The molecule has 6 heteroatoms.